The molecule has 0 saturated carbocycles. The van der Waals surface area contributed by atoms with Crippen LogP contribution < -0.4 is 4.90 Å². The van der Waals surface area contributed by atoms with Crippen LogP contribution in [0.4, 0.5) is 11.4 Å². The Kier molecular flexibility index (Phi) is 4.47. The Balaban J connectivity index is 2.59. The summed E-state index contributed by atoms with van der Waals surface area (Å²) in [6.45, 7) is 3.37. The van der Waals surface area contributed by atoms with Gasteiger partial charge in [0.1, 0.15) is 5.52 Å². The third-order valence-corrected chi connectivity index (χ3v) is 3.13. The van der Waals surface area contributed by atoms with Gasteiger partial charge in [0, 0.05) is 36.4 Å². The number of nitro groups is 1. The second-order valence-electron chi connectivity index (χ2n) is 4.47. The van der Waals surface area contributed by atoms with Crippen molar-refractivity contribution in [3.05, 3.63) is 40.6 Å². The molecule has 0 bridgehead atoms. The lowest BCUT2D eigenvalue weighted by Crippen LogP contribution is -2.27. The highest BCUT2D eigenvalue weighted by Gasteiger charge is 2.16. The molecule has 1 aromatic heterocycles. The van der Waals surface area contributed by atoms with Crippen molar-refractivity contribution in [1.82, 2.24) is 4.98 Å². The summed E-state index contributed by atoms with van der Waals surface area (Å²) in [4.78, 5) is 16.8. The number of para-hydroxylation sites is 1. The van der Waals surface area contributed by atoms with E-state index in [-0.39, 0.29) is 12.3 Å². The van der Waals surface area contributed by atoms with E-state index in [1.807, 2.05) is 17.0 Å². The van der Waals surface area contributed by atoms with Crippen molar-refractivity contribution in [2.24, 2.45) is 0 Å². The normalized spacial score (nSPS) is 10.7. The number of hydrogen-bond acceptors (Lipinski definition) is 5. The van der Waals surface area contributed by atoms with Crippen molar-refractivity contribution in [1.29, 1.82) is 0 Å². The van der Waals surface area contributed by atoms with Gasteiger partial charge in [-0.15, -0.1) is 0 Å². The Labute approximate surface area is 116 Å². The number of nitro benzene ring substituents is 1. The summed E-state index contributed by atoms with van der Waals surface area (Å²) in [5.74, 6) is 0. The molecule has 20 heavy (non-hydrogen) atoms. The smallest absolute Gasteiger partial charge is 0.295 e. The van der Waals surface area contributed by atoms with Gasteiger partial charge in [0.25, 0.3) is 5.69 Å². The molecular formula is C14H17N3O3. The molecule has 6 heteroatoms. The molecule has 0 atom stereocenters. The van der Waals surface area contributed by atoms with E-state index in [0.717, 1.165) is 24.0 Å². The first-order chi connectivity index (χ1) is 9.69. The Morgan fingerprint density at radius 3 is 2.80 bits per heavy atom. The molecule has 0 saturated heterocycles. The van der Waals surface area contributed by atoms with E-state index in [0.29, 0.717) is 12.1 Å². The first kappa shape index (κ1) is 14.2. The summed E-state index contributed by atoms with van der Waals surface area (Å²) in [7, 11) is 0. The van der Waals surface area contributed by atoms with Gasteiger partial charge in [0.2, 0.25) is 0 Å². The largest absolute Gasteiger partial charge is 0.395 e. The summed E-state index contributed by atoms with van der Waals surface area (Å²) in [6, 6.07) is 6.77. The van der Waals surface area contributed by atoms with Gasteiger partial charge in [-0.25, -0.2) is 4.98 Å². The number of pyridine rings is 1. The molecule has 0 fully saturated rings. The molecule has 0 spiro atoms. The van der Waals surface area contributed by atoms with Crippen LogP contribution in [0.2, 0.25) is 0 Å². The Bertz CT molecular complexity index is 610. The van der Waals surface area contributed by atoms with Crippen molar-refractivity contribution in [3.63, 3.8) is 0 Å². The highest BCUT2D eigenvalue weighted by molar-refractivity contribution is 5.96. The zero-order valence-electron chi connectivity index (χ0n) is 11.3. The molecule has 1 heterocycles. The van der Waals surface area contributed by atoms with Crippen molar-refractivity contribution < 1.29 is 10.0 Å². The van der Waals surface area contributed by atoms with Gasteiger partial charge >= 0.3 is 0 Å². The number of fused-ring (bicyclic) bond motifs is 1. The number of nitrogens with zero attached hydrogens (tertiary/aromatic N) is 3. The second-order valence-corrected chi connectivity index (χ2v) is 4.47. The molecule has 1 aromatic carbocycles. The van der Waals surface area contributed by atoms with Crippen LogP contribution in [0.15, 0.2) is 30.5 Å². The number of aromatic nitrogens is 1. The Morgan fingerprint density at radius 1 is 1.35 bits per heavy atom. The molecular weight excluding hydrogens is 258 g/mol. The monoisotopic (exact) mass is 275 g/mol. The number of benzene rings is 1. The van der Waals surface area contributed by atoms with Crippen LogP contribution in [0, 0.1) is 10.1 Å². The summed E-state index contributed by atoms with van der Waals surface area (Å²) in [6.07, 6.45) is 2.50. The fourth-order valence-electron chi connectivity index (χ4n) is 2.31. The van der Waals surface area contributed by atoms with E-state index >= 15 is 0 Å². The van der Waals surface area contributed by atoms with Crippen molar-refractivity contribution >= 4 is 22.3 Å². The predicted octanol–water partition coefficient (Wildman–Crippen LogP) is 2.35. The van der Waals surface area contributed by atoms with Gasteiger partial charge in [-0.2, -0.15) is 0 Å². The zero-order valence-corrected chi connectivity index (χ0v) is 11.3. The molecule has 2 aromatic rings. The number of non-ortho nitro benzene ring substituents is 1. The molecule has 0 radical (unpaired) electrons. The van der Waals surface area contributed by atoms with E-state index in [9.17, 15) is 15.2 Å². The van der Waals surface area contributed by atoms with Crippen LogP contribution in [0.1, 0.15) is 13.3 Å². The first-order valence-electron chi connectivity index (χ1n) is 6.57. The average Bonchev–Trinajstić information content (AvgIpc) is 2.45. The maximum atomic E-state index is 11.1. The molecule has 0 aliphatic heterocycles. The highest BCUT2D eigenvalue weighted by Crippen LogP contribution is 2.30. The van der Waals surface area contributed by atoms with Gasteiger partial charge in [0.05, 0.1) is 11.5 Å². The molecule has 0 aliphatic carbocycles. The summed E-state index contributed by atoms with van der Waals surface area (Å²) >= 11 is 0. The van der Waals surface area contributed by atoms with Gasteiger partial charge in [-0.1, -0.05) is 19.1 Å². The molecule has 0 aliphatic rings. The Hall–Kier alpha value is -2.21. The zero-order chi connectivity index (χ0) is 14.5. The predicted molar refractivity (Wildman–Crippen MR) is 78.0 cm³/mol. The molecule has 2 rings (SSSR count). The Morgan fingerprint density at radius 2 is 2.15 bits per heavy atom. The van der Waals surface area contributed by atoms with Gasteiger partial charge in [0.15, 0.2) is 0 Å². The number of aliphatic hydroxyl groups is 1. The third kappa shape index (κ3) is 2.70. The average molecular weight is 275 g/mol. The van der Waals surface area contributed by atoms with Crippen molar-refractivity contribution in [3.8, 4) is 0 Å². The summed E-state index contributed by atoms with van der Waals surface area (Å²) in [5, 5.41) is 21.0. The lowest BCUT2D eigenvalue weighted by atomic mass is 10.1. The first-order valence-corrected chi connectivity index (χ1v) is 6.57. The minimum atomic E-state index is -0.421. The topological polar surface area (TPSA) is 79.5 Å². The van der Waals surface area contributed by atoms with E-state index in [1.165, 1.54) is 6.07 Å². The second kappa shape index (κ2) is 6.29. The molecule has 6 nitrogen and oxygen atoms in total. The number of aliphatic hydroxyl groups excluding tert-OH is 1. The minimum absolute atomic E-state index is 0.00444. The number of hydrogen-bond donors (Lipinski definition) is 1. The van der Waals surface area contributed by atoms with Crippen LogP contribution in [-0.2, 0) is 0 Å². The van der Waals surface area contributed by atoms with Crippen LogP contribution in [0.3, 0.4) is 0 Å². The SMILES string of the molecule is CCCN(CCO)c1ccnc2c([N+](=O)[O-])cccc12. The summed E-state index contributed by atoms with van der Waals surface area (Å²) < 4.78 is 0. The number of rotatable bonds is 6. The van der Waals surface area contributed by atoms with E-state index in [2.05, 4.69) is 11.9 Å². The lowest BCUT2D eigenvalue weighted by molar-refractivity contribution is -0.383. The maximum Gasteiger partial charge on any atom is 0.295 e. The van der Waals surface area contributed by atoms with Crippen molar-refractivity contribution in [2.45, 2.75) is 13.3 Å². The maximum absolute atomic E-state index is 11.1. The lowest BCUT2D eigenvalue weighted by Gasteiger charge is -2.24. The van der Waals surface area contributed by atoms with E-state index in [1.54, 1.807) is 12.3 Å². The standard InChI is InChI=1S/C14H17N3O3/c1-2-8-16(9-10-18)12-6-7-15-14-11(12)4-3-5-13(14)17(19)20/h3-7,18H,2,8-10H2,1H3. The number of anilines is 1. The molecule has 0 amide bonds. The van der Waals surface area contributed by atoms with Gasteiger partial charge < -0.3 is 10.0 Å². The quantitative estimate of drug-likeness (QED) is 0.646. The van der Waals surface area contributed by atoms with Crippen LogP contribution in [0.5, 0.6) is 0 Å². The fourth-order valence-corrected chi connectivity index (χ4v) is 2.31. The van der Waals surface area contributed by atoms with Crippen LogP contribution in [0.25, 0.3) is 10.9 Å². The van der Waals surface area contributed by atoms with Crippen LogP contribution in [-0.4, -0.2) is 34.7 Å². The van der Waals surface area contributed by atoms with Crippen molar-refractivity contribution in [2.75, 3.05) is 24.6 Å². The van der Waals surface area contributed by atoms with Crippen LogP contribution >= 0.6 is 0 Å². The van der Waals surface area contributed by atoms with E-state index in [4.69, 9.17) is 0 Å². The summed E-state index contributed by atoms with van der Waals surface area (Å²) in [5.41, 5.74) is 1.26. The van der Waals surface area contributed by atoms with E-state index < -0.39 is 4.92 Å². The van der Waals surface area contributed by atoms with Gasteiger partial charge in [-0.3, -0.25) is 10.1 Å². The molecule has 0 unspecified atom stereocenters. The fraction of sp³-hybridized carbons (Fsp3) is 0.357. The molecule has 1 N–H and O–H groups in total. The third-order valence-electron chi connectivity index (χ3n) is 3.13. The minimum Gasteiger partial charge on any atom is -0.395 e. The highest BCUT2D eigenvalue weighted by atomic mass is 16.6. The molecule has 106 valence electrons. The van der Waals surface area contributed by atoms with Gasteiger partial charge in [-0.05, 0) is 12.5 Å².